The van der Waals surface area contributed by atoms with E-state index in [0.29, 0.717) is 22.7 Å². The minimum Gasteiger partial charge on any atom is -0.495 e. The molecule has 0 aromatic heterocycles. The Balaban J connectivity index is 2.10. The van der Waals surface area contributed by atoms with Gasteiger partial charge in [-0.15, -0.1) is 0 Å². The number of ether oxygens (including phenoxy) is 1. The Morgan fingerprint density at radius 1 is 1.09 bits per heavy atom. The largest absolute Gasteiger partial charge is 0.495 e. The molecule has 5 nitrogen and oxygen atoms in total. The summed E-state index contributed by atoms with van der Waals surface area (Å²) in [6.07, 6.45) is 0. The number of anilines is 2. The lowest BCUT2D eigenvalue weighted by atomic mass is 10.2. The number of benzene rings is 2. The maximum absolute atomic E-state index is 12.1. The van der Waals surface area contributed by atoms with Gasteiger partial charge < -0.3 is 15.4 Å². The second-order valence-electron chi connectivity index (χ2n) is 4.27. The third-order valence-corrected chi connectivity index (χ3v) is 3.14. The van der Waals surface area contributed by atoms with E-state index in [2.05, 4.69) is 10.6 Å². The van der Waals surface area contributed by atoms with E-state index in [9.17, 15) is 4.79 Å². The van der Waals surface area contributed by atoms with Crippen molar-refractivity contribution in [2.45, 2.75) is 0 Å². The van der Waals surface area contributed by atoms with Gasteiger partial charge in [-0.25, -0.2) is 0 Å². The van der Waals surface area contributed by atoms with Gasteiger partial charge in [0.2, 0.25) is 0 Å². The van der Waals surface area contributed by atoms with E-state index < -0.39 is 5.91 Å². The van der Waals surface area contributed by atoms with Crippen LogP contribution in [-0.2, 0) is 4.79 Å². The molecular weight excluding hydrogens is 298 g/mol. The number of carbonyl (C=O) groups is 1. The predicted octanol–water partition coefficient (Wildman–Crippen LogP) is 2.94. The Bertz CT molecular complexity index is 753. The minimum atomic E-state index is -0.497. The molecule has 0 saturated carbocycles. The molecule has 0 bridgehead atoms. The second-order valence-corrected chi connectivity index (χ2v) is 4.67. The molecule has 0 spiro atoms. The van der Waals surface area contributed by atoms with E-state index >= 15 is 0 Å². The number of hydrogen-bond acceptors (Lipinski definition) is 4. The van der Waals surface area contributed by atoms with Gasteiger partial charge in [0.1, 0.15) is 11.8 Å². The molecular formula is C16H13N3O2S. The third kappa shape index (κ3) is 3.59. The summed E-state index contributed by atoms with van der Waals surface area (Å²) in [7, 11) is 1.53. The molecule has 6 heteroatoms. The van der Waals surface area contributed by atoms with Crippen LogP contribution in [0.3, 0.4) is 0 Å². The smallest absolute Gasteiger partial charge is 0.283 e. The van der Waals surface area contributed by atoms with Gasteiger partial charge in [-0.3, -0.25) is 4.79 Å². The summed E-state index contributed by atoms with van der Waals surface area (Å²) < 4.78 is 5.18. The minimum absolute atomic E-state index is 0.0164. The zero-order chi connectivity index (χ0) is 15.9. The van der Waals surface area contributed by atoms with Crippen molar-refractivity contribution in [3.05, 3.63) is 54.1 Å². The molecule has 2 aromatic rings. The molecule has 0 aliphatic heterocycles. The first kappa shape index (κ1) is 15.5. The summed E-state index contributed by atoms with van der Waals surface area (Å²) in [6, 6.07) is 15.8. The SMILES string of the molecule is COc1ccccc1NC(=S)C(=O)Nc1ccccc1C#N. The first-order valence-corrected chi connectivity index (χ1v) is 6.81. The van der Waals surface area contributed by atoms with Gasteiger partial charge in [0.15, 0.2) is 4.99 Å². The second kappa shape index (κ2) is 7.20. The number of nitrogens with zero attached hydrogens (tertiary/aromatic N) is 1. The van der Waals surface area contributed by atoms with Crippen molar-refractivity contribution in [1.29, 1.82) is 5.26 Å². The molecule has 0 heterocycles. The van der Waals surface area contributed by atoms with Crippen LogP contribution < -0.4 is 15.4 Å². The van der Waals surface area contributed by atoms with E-state index in [1.807, 2.05) is 12.1 Å². The number of para-hydroxylation sites is 3. The van der Waals surface area contributed by atoms with Crippen molar-refractivity contribution >= 4 is 34.5 Å². The molecule has 2 N–H and O–H groups in total. The Morgan fingerprint density at radius 3 is 2.41 bits per heavy atom. The summed E-state index contributed by atoms with van der Waals surface area (Å²) in [5.41, 5.74) is 1.38. The molecule has 22 heavy (non-hydrogen) atoms. The van der Waals surface area contributed by atoms with Crippen LogP contribution >= 0.6 is 12.2 Å². The van der Waals surface area contributed by atoms with Crippen molar-refractivity contribution < 1.29 is 9.53 Å². The number of thiocarbonyl (C=S) groups is 1. The van der Waals surface area contributed by atoms with Crippen LogP contribution in [0.15, 0.2) is 48.5 Å². The molecule has 0 aliphatic rings. The Labute approximate surface area is 133 Å². The summed E-state index contributed by atoms with van der Waals surface area (Å²) in [5.74, 6) is 0.0821. The molecule has 0 radical (unpaired) electrons. The van der Waals surface area contributed by atoms with Crippen LogP contribution in [0.4, 0.5) is 11.4 Å². The zero-order valence-electron chi connectivity index (χ0n) is 11.8. The van der Waals surface area contributed by atoms with Gasteiger partial charge in [-0.1, -0.05) is 36.5 Å². The molecule has 110 valence electrons. The first-order chi connectivity index (χ1) is 10.7. The van der Waals surface area contributed by atoms with E-state index in [1.165, 1.54) is 7.11 Å². The number of carbonyl (C=O) groups excluding carboxylic acids is 1. The van der Waals surface area contributed by atoms with Gasteiger partial charge in [0.25, 0.3) is 5.91 Å². The van der Waals surface area contributed by atoms with Crippen LogP contribution in [0, 0.1) is 11.3 Å². The Hall–Kier alpha value is -2.91. The number of hydrogen-bond donors (Lipinski definition) is 2. The highest BCUT2D eigenvalue weighted by atomic mass is 32.1. The molecule has 0 atom stereocenters. The van der Waals surface area contributed by atoms with Gasteiger partial charge in [-0.2, -0.15) is 5.26 Å². The van der Waals surface area contributed by atoms with Crippen LogP contribution in [0.5, 0.6) is 5.75 Å². The van der Waals surface area contributed by atoms with Gasteiger partial charge >= 0.3 is 0 Å². The molecule has 0 aliphatic carbocycles. The van der Waals surface area contributed by atoms with Crippen molar-refractivity contribution in [2.75, 3.05) is 17.7 Å². The molecule has 0 unspecified atom stereocenters. The molecule has 1 amide bonds. The number of nitrogens with one attached hydrogen (secondary N) is 2. The lowest BCUT2D eigenvalue weighted by Gasteiger charge is -2.12. The number of methoxy groups -OCH3 is 1. The van der Waals surface area contributed by atoms with E-state index in [0.717, 1.165) is 0 Å². The molecule has 2 aromatic carbocycles. The van der Waals surface area contributed by atoms with E-state index in [4.69, 9.17) is 22.2 Å². The van der Waals surface area contributed by atoms with Gasteiger partial charge in [0, 0.05) is 0 Å². The number of nitriles is 1. The van der Waals surface area contributed by atoms with Gasteiger partial charge in [0.05, 0.1) is 24.0 Å². The third-order valence-electron chi connectivity index (χ3n) is 2.86. The highest BCUT2D eigenvalue weighted by Gasteiger charge is 2.13. The Morgan fingerprint density at radius 2 is 1.73 bits per heavy atom. The fourth-order valence-corrected chi connectivity index (χ4v) is 1.96. The van der Waals surface area contributed by atoms with E-state index in [1.54, 1.807) is 42.5 Å². The summed E-state index contributed by atoms with van der Waals surface area (Å²) >= 11 is 5.08. The number of amides is 1. The number of rotatable bonds is 3. The zero-order valence-corrected chi connectivity index (χ0v) is 12.6. The van der Waals surface area contributed by atoms with Crippen molar-refractivity contribution in [3.63, 3.8) is 0 Å². The fraction of sp³-hybridized carbons (Fsp3) is 0.0625. The fourth-order valence-electron chi connectivity index (χ4n) is 1.80. The normalized spacial score (nSPS) is 9.45. The predicted molar refractivity (Wildman–Crippen MR) is 89.0 cm³/mol. The molecule has 2 rings (SSSR count). The molecule has 0 saturated heterocycles. The van der Waals surface area contributed by atoms with Crippen LogP contribution in [0.1, 0.15) is 5.56 Å². The van der Waals surface area contributed by atoms with Crippen molar-refractivity contribution in [3.8, 4) is 11.8 Å². The van der Waals surface area contributed by atoms with Crippen LogP contribution in [0.25, 0.3) is 0 Å². The average Bonchev–Trinajstić information content (AvgIpc) is 2.55. The molecule has 0 fully saturated rings. The maximum Gasteiger partial charge on any atom is 0.283 e. The van der Waals surface area contributed by atoms with Crippen molar-refractivity contribution in [2.24, 2.45) is 0 Å². The monoisotopic (exact) mass is 311 g/mol. The standard InChI is InChI=1S/C16H13N3O2S/c1-21-14-9-5-4-8-13(14)19-16(22)15(20)18-12-7-3-2-6-11(12)10-17/h2-9H,1H3,(H,18,20)(H,19,22). The Kier molecular flexibility index (Phi) is 5.07. The lowest BCUT2D eigenvalue weighted by molar-refractivity contribution is -0.110. The van der Waals surface area contributed by atoms with Gasteiger partial charge in [-0.05, 0) is 24.3 Å². The highest BCUT2D eigenvalue weighted by molar-refractivity contribution is 7.82. The first-order valence-electron chi connectivity index (χ1n) is 6.40. The quantitative estimate of drug-likeness (QED) is 0.853. The van der Waals surface area contributed by atoms with Crippen LogP contribution in [0.2, 0.25) is 0 Å². The average molecular weight is 311 g/mol. The maximum atomic E-state index is 12.1. The van der Waals surface area contributed by atoms with Crippen LogP contribution in [-0.4, -0.2) is 18.0 Å². The summed E-state index contributed by atoms with van der Waals surface area (Å²) in [5, 5.41) is 14.5. The van der Waals surface area contributed by atoms with E-state index in [-0.39, 0.29) is 4.99 Å². The lowest BCUT2D eigenvalue weighted by Crippen LogP contribution is -2.27. The summed E-state index contributed by atoms with van der Waals surface area (Å²) in [4.78, 5) is 12.1. The summed E-state index contributed by atoms with van der Waals surface area (Å²) in [6.45, 7) is 0. The highest BCUT2D eigenvalue weighted by Crippen LogP contribution is 2.23. The van der Waals surface area contributed by atoms with Crippen molar-refractivity contribution in [1.82, 2.24) is 0 Å². The topological polar surface area (TPSA) is 74.2 Å².